The molecule has 0 saturated carbocycles. The molecule has 23 heavy (non-hydrogen) atoms. The van der Waals surface area contributed by atoms with Crippen LogP contribution < -0.4 is 4.72 Å². The molecular weight excluding hydrogens is 330 g/mol. The maximum absolute atomic E-state index is 12.7. The van der Waals surface area contributed by atoms with Gasteiger partial charge in [0.05, 0.1) is 4.90 Å². The summed E-state index contributed by atoms with van der Waals surface area (Å²) >= 11 is 6.08. The predicted octanol–water partition coefficient (Wildman–Crippen LogP) is 4.42. The second-order valence-corrected chi connectivity index (χ2v) is 8.79. The van der Waals surface area contributed by atoms with Gasteiger partial charge in [0, 0.05) is 11.6 Å². The Hall–Kier alpha value is -1.36. The molecule has 5 heteroatoms. The number of hydrogen-bond acceptors (Lipinski definition) is 2. The summed E-state index contributed by atoms with van der Waals surface area (Å²) in [5, 5.41) is 0.551. The molecule has 0 saturated heterocycles. The molecule has 2 rings (SSSR count). The Kier molecular flexibility index (Phi) is 5.19. The zero-order valence-corrected chi connectivity index (χ0v) is 15.4. The average Bonchev–Trinajstić information content (AvgIpc) is 2.45. The van der Waals surface area contributed by atoms with Gasteiger partial charge >= 0.3 is 0 Å². The molecule has 1 N–H and O–H groups in total. The Balaban J connectivity index is 2.31. The van der Waals surface area contributed by atoms with E-state index in [1.54, 1.807) is 19.1 Å². The van der Waals surface area contributed by atoms with Crippen molar-refractivity contribution in [1.29, 1.82) is 0 Å². The highest BCUT2D eigenvalue weighted by Crippen LogP contribution is 2.27. The lowest BCUT2D eigenvalue weighted by atomic mass is 9.87. The van der Waals surface area contributed by atoms with Crippen LogP contribution in [0.4, 0.5) is 0 Å². The van der Waals surface area contributed by atoms with Crippen LogP contribution in [0, 0.1) is 6.92 Å². The van der Waals surface area contributed by atoms with Gasteiger partial charge in [-0.25, -0.2) is 13.1 Å². The fourth-order valence-corrected chi connectivity index (χ4v) is 3.73. The van der Waals surface area contributed by atoms with Crippen LogP contribution >= 0.6 is 11.6 Å². The van der Waals surface area contributed by atoms with Crippen molar-refractivity contribution in [3.8, 4) is 0 Å². The number of halogens is 1. The molecule has 3 nitrogen and oxygen atoms in total. The molecule has 2 aromatic rings. The molecular formula is C18H22ClNO2S. The minimum Gasteiger partial charge on any atom is -0.207 e. The van der Waals surface area contributed by atoms with Crippen molar-refractivity contribution in [1.82, 2.24) is 4.72 Å². The standard InChI is InChI=1S/C18H22ClNO2S/c1-13-9-10-15(18(2,3)4)11-17(13)23(21,22)20-12-14-7-5-6-8-16(14)19/h5-11,20H,12H2,1-4H3. The first-order chi connectivity index (χ1) is 10.6. The summed E-state index contributed by atoms with van der Waals surface area (Å²) in [6, 6.07) is 12.8. The third kappa shape index (κ3) is 4.34. The molecule has 0 spiro atoms. The second-order valence-electron chi connectivity index (χ2n) is 6.65. The predicted molar refractivity (Wildman–Crippen MR) is 95.4 cm³/mol. The van der Waals surface area contributed by atoms with E-state index >= 15 is 0 Å². The summed E-state index contributed by atoms with van der Waals surface area (Å²) in [5.41, 5.74) is 2.36. The van der Waals surface area contributed by atoms with Crippen molar-refractivity contribution in [3.05, 3.63) is 64.2 Å². The second kappa shape index (κ2) is 6.63. The molecule has 2 aromatic carbocycles. The largest absolute Gasteiger partial charge is 0.241 e. The van der Waals surface area contributed by atoms with E-state index in [-0.39, 0.29) is 12.0 Å². The van der Waals surface area contributed by atoms with Crippen LogP contribution in [0.25, 0.3) is 0 Å². The smallest absolute Gasteiger partial charge is 0.207 e. The number of aryl methyl sites for hydroxylation is 1. The summed E-state index contributed by atoms with van der Waals surface area (Å²) in [5.74, 6) is 0. The number of nitrogens with one attached hydrogen (secondary N) is 1. The average molecular weight is 352 g/mol. The maximum atomic E-state index is 12.7. The minimum absolute atomic E-state index is 0.110. The first-order valence-electron chi connectivity index (χ1n) is 7.45. The summed E-state index contributed by atoms with van der Waals surface area (Å²) in [4.78, 5) is 0.317. The van der Waals surface area contributed by atoms with Gasteiger partial charge in [-0.15, -0.1) is 0 Å². The molecule has 0 aliphatic carbocycles. The Morgan fingerprint density at radius 2 is 1.74 bits per heavy atom. The van der Waals surface area contributed by atoms with Gasteiger partial charge in [-0.3, -0.25) is 0 Å². The summed E-state index contributed by atoms with van der Waals surface area (Å²) in [6.07, 6.45) is 0. The van der Waals surface area contributed by atoms with Crippen LogP contribution in [0.15, 0.2) is 47.4 Å². The third-order valence-corrected chi connectivity index (χ3v) is 5.67. The van der Waals surface area contributed by atoms with Gasteiger partial charge in [-0.2, -0.15) is 0 Å². The van der Waals surface area contributed by atoms with E-state index in [9.17, 15) is 8.42 Å². The first-order valence-corrected chi connectivity index (χ1v) is 9.31. The molecule has 0 heterocycles. The van der Waals surface area contributed by atoms with Crippen LogP contribution in [-0.2, 0) is 22.0 Å². The Labute approximate surface area is 143 Å². The van der Waals surface area contributed by atoms with Gasteiger partial charge in [0.2, 0.25) is 10.0 Å². The van der Waals surface area contributed by atoms with Crippen LogP contribution in [0.5, 0.6) is 0 Å². The summed E-state index contributed by atoms with van der Waals surface area (Å²) in [7, 11) is -3.60. The van der Waals surface area contributed by atoms with Gasteiger partial charge in [-0.1, -0.05) is 62.7 Å². The van der Waals surface area contributed by atoms with Crippen LogP contribution in [0.3, 0.4) is 0 Å². The van der Waals surface area contributed by atoms with Gasteiger partial charge in [0.25, 0.3) is 0 Å². The van der Waals surface area contributed by atoms with E-state index in [0.29, 0.717) is 9.92 Å². The molecule has 0 radical (unpaired) electrons. The van der Waals surface area contributed by atoms with E-state index in [0.717, 1.165) is 16.7 Å². The number of benzene rings is 2. The molecule has 0 aromatic heterocycles. The zero-order chi connectivity index (χ0) is 17.3. The zero-order valence-electron chi connectivity index (χ0n) is 13.9. The van der Waals surface area contributed by atoms with E-state index in [4.69, 9.17) is 11.6 Å². The fraction of sp³-hybridized carbons (Fsp3) is 0.333. The molecule has 0 unspecified atom stereocenters. The van der Waals surface area contributed by atoms with Crippen LogP contribution in [0.1, 0.15) is 37.5 Å². The highest BCUT2D eigenvalue weighted by Gasteiger charge is 2.21. The molecule has 0 amide bonds. The van der Waals surface area contributed by atoms with Crippen molar-refractivity contribution in [2.75, 3.05) is 0 Å². The monoisotopic (exact) mass is 351 g/mol. The van der Waals surface area contributed by atoms with Gasteiger partial charge in [-0.05, 0) is 41.2 Å². The lowest BCUT2D eigenvalue weighted by Crippen LogP contribution is -2.25. The highest BCUT2D eigenvalue weighted by molar-refractivity contribution is 7.89. The van der Waals surface area contributed by atoms with E-state index in [2.05, 4.69) is 25.5 Å². The lowest BCUT2D eigenvalue weighted by molar-refractivity contribution is 0.575. The van der Waals surface area contributed by atoms with Crippen molar-refractivity contribution >= 4 is 21.6 Å². The van der Waals surface area contributed by atoms with Crippen LogP contribution in [-0.4, -0.2) is 8.42 Å². The van der Waals surface area contributed by atoms with E-state index < -0.39 is 10.0 Å². The Bertz CT molecular complexity index is 808. The Morgan fingerprint density at radius 1 is 1.09 bits per heavy atom. The number of sulfonamides is 1. The fourth-order valence-electron chi connectivity index (χ4n) is 2.25. The van der Waals surface area contributed by atoms with E-state index in [1.165, 1.54) is 0 Å². The van der Waals surface area contributed by atoms with Gasteiger partial charge < -0.3 is 0 Å². The molecule has 0 aliphatic rings. The van der Waals surface area contributed by atoms with E-state index in [1.807, 2.05) is 30.3 Å². The van der Waals surface area contributed by atoms with Crippen molar-refractivity contribution in [2.45, 2.75) is 44.6 Å². The topological polar surface area (TPSA) is 46.2 Å². The maximum Gasteiger partial charge on any atom is 0.241 e. The minimum atomic E-state index is -3.60. The molecule has 124 valence electrons. The normalized spacial score (nSPS) is 12.4. The molecule has 0 aliphatic heterocycles. The van der Waals surface area contributed by atoms with Crippen molar-refractivity contribution in [2.24, 2.45) is 0 Å². The third-order valence-electron chi connectivity index (χ3n) is 3.75. The highest BCUT2D eigenvalue weighted by atomic mass is 35.5. The Morgan fingerprint density at radius 3 is 2.35 bits per heavy atom. The number of hydrogen-bond donors (Lipinski definition) is 1. The lowest BCUT2D eigenvalue weighted by Gasteiger charge is -2.21. The van der Waals surface area contributed by atoms with Gasteiger partial charge in [0.1, 0.15) is 0 Å². The molecule has 0 fully saturated rings. The molecule has 0 atom stereocenters. The first kappa shape index (κ1) is 18.0. The summed E-state index contributed by atoms with van der Waals surface area (Å²) in [6.45, 7) is 8.15. The van der Waals surface area contributed by atoms with Crippen LogP contribution in [0.2, 0.25) is 5.02 Å². The van der Waals surface area contributed by atoms with Crippen molar-refractivity contribution < 1.29 is 8.42 Å². The van der Waals surface area contributed by atoms with Crippen molar-refractivity contribution in [3.63, 3.8) is 0 Å². The SMILES string of the molecule is Cc1ccc(C(C)(C)C)cc1S(=O)(=O)NCc1ccccc1Cl. The summed E-state index contributed by atoms with van der Waals surface area (Å²) < 4.78 is 28.0. The quantitative estimate of drug-likeness (QED) is 0.886. The number of rotatable bonds is 4. The molecule has 0 bridgehead atoms. The van der Waals surface area contributed by atoms with Gasteiger partial charge in [0.15, 0.2) is 0 Å².